The Morgan fingerprint density at radius 1 is 0.783 bits per heavy atom. The molecule has 0 aromatic rings. The number of hydrogen-bond acceptors (Lipinski definition) is 2. The molecule has 0 atom stereocenters. The second-order valence-electron chi connectivity index (χ2n) is 7.16. The van der Waals surface area contributed by atoms with Crippen LogP contribution in [0.3, 0.4) is 0 Å². The number of rotatable bonds is 7. The third kappa shape index (κ3) is 8.19. The van der Waals surface area contributed by atoms with E-state index in [-0.39, 0.29) is 0 Å². The maximum Gasteiger partial charge on any atom is 0.476 e. The van der Waals surface area contributed by atoms with Crippen LogP contribution in [-0.2, 0) is 8.85 Å². The maximum absolute atomic E-state index is 6.09. The van der Waals surface area contributed by atoms with Gasteiger partial charge in [-0.05, 0) is 50.1 Å². The molecule has 2 fully saturated rings. The summed E-state index contributed by atoms with van der Waals surface area (Å²) in [5, 5.41) is 0. The molecular weight excluding hydrogens is 300 g/mol. The average molecular weight is 337 g/mol. The Morgan fingerprint density at radius 2 is 1.35 bits per heavy atom. The first-order valence-corrected chi connectivity index (χ1v) is 11.4. The number of hydrogen-bond donors (Lipinski definition) is 0. The Kier molecular flexibility index (Phi) is 9.69. The van der Waals surface area contributed by atoms with E-state index in [1.807, 2.05) is 0 Å². The highest BCUT2D eigenvalue weighted by Crippen LogP contribution is 2.23. The van der Waals surface area contributed by atoms with Crippen LogP contribution in [0.2, 0.25) is 0 Å². The van der Waals surface area contributed by atoms with Crippen molar-refractivity contribution >= 4 is 14.6 Å². The Balaban J connectivity index is 1.76. The van der Waals surface area contributed by atoms with Gasteiger partial charge in [-0.3, -0.25) is 0 Å². The van der Waals surface area contributed by atoms with Crippen LogP contribution in [0, 0.1) is 11.8 Å². The van der Waals surface area contributed by atoms with Gasteiger partial charge in [0.05, 0.1) is 13.2 Å². The van der Waals surface area contributed by atoms with Gasteiger partial charge in [-0.2, -0.15) is 0 Å². The molecule has 0 heterocycles. The quantitative estimate of drug-likeness (QED) is 0.352. The van der Waals surface area contributed by atoms with Crippen molar-refractivity contribution in [2.24, 2.45) is 11.8 Å². The van der Waals surface area contributed by atoms with E-state index in [9.17, 15) is 0 Å². The number of allylic oxidation sites excluding steroid dienone is 1. The first-order valence-electron chi connectivity index (χ1n) is 10.0. The predicted molar refractivity (Wildman–Crippen MR) is 101 cm³/mol. The minimum atomic E-state index is -1.20. The zero-order chi connectivity index (χ0) is 16.2. The summed E-state index contributed by atoms with van der Waals surface area (Å²) in [6, 6.07) is 0. The smallest absolute Gasteiger partial charge is 0.476 e. The molecule has 0 spiro atoms. The van der Waals surface area contributed by atoms with Crippen molar-refractivity contribution in [3.8, 4) is 0 Å². The highest BCUT2D eigenvalue weighted by atomic mass is 28.3. The highest BCUT2D eigenvalue weighted by Gasteiger charge is 2.14. The Bertz CT molecular complexity index is 349. The molecule has 0 saturated heterocycles. The van der Waals surface area contributed by atoms with Crippen LogP contribution < -0.4 is 0 Å². The van der Waals surface area contributed by atoms with Crippen molar-refractivity contribution in [3.63, 3.8) is 0 Å². The van der Waals surface area contributed by atoms with Gasteiger partial charge in [-0.25, -0.2) is 0 Å². The molecule has 2 aliphatic rings. The SMILES string of the molecule is CCO[Si](=CC1CCCCCC1)OCC=CC1CCCCCC1. The molecule has 0 amide bonds. The third-order valence-electron chi connectivity index (χ3n) is 5.19. The summed E-state index contributed by atoms with van der Waals surface area (Å²) < 4.78 is 12.0. The lowest BCUT2D eigenvalue weighted by atomic mass is 10.0. The first kappa shape index (κ1) is 18.8. The first-order chi connectivity index (χ1) is 11.4. The zero-order valence-electron chi connectivity index (χ0n) is 15.1. The van der Waals surface area contributed by atoms with E-state index in [2.05, 4.69) is 24.7 Å². The van der Waals surface area contributed by atoms with Gasteiger partial charge in [0.1, 0.15) is 0 Å². The Labute approximate surface area is 145 Å². The average Bonchev–Trinajstić information content (AvgIpc) is 2.96. The second kappa shape index (κ2) is 11.9. The molecule has 0 aromatic heterocycles. The molecule has 0 radical (unpaired) electrons. The highest BCUT2D eigenvalue weighted by molar-refractivity contribution is 6.54. The normalized spacial score (nSPS) is 22.7. The van der Waals surface area contributed by atoms with Crippen molar-refractivity contribution in [1.29, 1.82) is 0 Å². The lowest BCUT2D eigenvalue weighted by molar-refractivity contribution is 0.243. The van der Waals surface area contributed by atoms with Crippen molar-refractivity contribution < 1.29 is 8.85 Å². The van der Waals surface area contributed by atoms with Gasteiger partial charge in [0.2, 0.25) is 0 Å². The fourth-order valence-electron chi connectivity index (χ4n) is 3.83. The minimum absolute atomic E-state index is 0.726. The fraction of sp³-hybridized carbons (Fsp3) is 0.850. The molecule has 0 bridgehead atoms. The zero-order valence-corrected chi connectivity index (χ0v) is 16.1. The van der Waals surface area contributed by atoms with Gasteiger partial charge >= 0.3 is 8.90 Å². The van der Waals surface area contributed by atoms with Crippen molar-refractivity contribution in [2.75, 3.05) is 13.2 Å². The molecule has 0 N–H and O–H groups in total. The van der Waals surface area contributed by atoms with E-state index in [1.165, 1.54) is 77.0 Å². The molecule has 0 unspecified atom stereocenters. The largest absolute Gasteiger partial charge is 0.524 e. The van der Waals surface area contributed by atoms with Crippen LogP contribution in [0.15, 0.2) is 12.2 Å². The van der Waals surface area contributed by atoms with Crippen LogP contribution >= 0.6 is 0 Å². The van der Waals surface area contributed by atoms with E-state index >= 15 is 0 Å². The monoisotopic (exact) mass is 336 g/mol. The van der Waals surface area contributed by atoms with E-state index in [1.54, 1.807) is 0 Å². The topological polar surface area (TPSA) is 18.5 Å². The standard InChI is InChI=1S/C20H36O2Si/c1-2-21-23(18-20-14-9-5-6-10-15-20)22-17-11-16-19-12-7-3-4-8-13-19/h11,16,18-20H,2-10,12-15,17H2,1H3. The molecule has 132 valence electrons. The molecule has 2 aliphatic carbocycles. The molecule has 2 rings (SSSR count). The van der Waals surface area contributed by atoms with E-state index in [0.717, 1.165) is 25.0 Å². The maximum atomic E-state index is 6.09. The van der Waals surface area contributed by atoms with Crippen molar-refractivity contribution in [2.45, 2.75) is 84.0 Å². The van der Waals surface area contributed by atoms with Crippen LogP contribution in [0.1, 0.15) is 84.0 Å². The van der Waals surface area contributed by atoms with Gasteiger partial charge in [-0.15, -0.1) is 0 Å². The predicted octanol–water partition coefficient (Wildman–Crippen LogP) is 5.41. The molecule has 2 saturated carbocycles. The van der Waals surface area contributed by atoms with Gasteiger partial charge in [0.25, 0.3) is 0 Å². The van der Waals surface area contributed by atoms with Crippen molar-refractivity contribution in [3.05, 3.63) is 12.2 Å². The summed E-state index contributed by atoms with van der Waals surface area (Å²) in [7, 11) is -1.20. The summed E-state index contributed by atoms with van der Waals surface area (Å²) in [5.41, 5.74) is 2.43. The molecule has 2 nitrogen and oxygen atoms in total. The molecule has 0 aliphatic heterocycles. The molecule has 0 aromatic carbocycles. The minimum Gasteiger partial charge on any atom is -0.524 e. The van der Waals surface area contributed by atoms with Crippen LogP contribution in [0.4, 0.5) is 0 Å². The Hall–Kier alpha value is -0.573. The van der Waals surface area contributed by atoms with Gasteiger partial charge in [-0.1, -0.05) is 63.5 Å². The van der Waals surface area contributed by atoms with Crippen LogP contribution in [-0.4, -0.2) is 27.8 Å². The lowest BCUT2D eigenvalue weighted by Crippen LogP contribution is -2.20. The fourth-order valence-corrected chi connectivity index (χ4v) is 5.37. The third-order valence-corrected chi connectivity index (χ3v) is 6.96. The van der Waals surface area contributed by atoms with E-state index in [0.29, 0.717) is 0 Å². The summed E-state index contributed by atoms with van der Waals surface area (Å²) in [6.45, 7) is 3.58. The summed E-state index contributed by atoms with van der Waals surface area (Å²) in [5.74, 6) is 1.51. The molecule has 3 heteroatoms. The van der Waals surface area contributed by atoms with E-state index < -0.39 is 8.90 Å². The summed E-state index contributed by atoms with van der Waals surface area (Å²) in [6.07, 6.45) is 21.3. The van der Waals surface area contributed by atoms with Gasteiger partial charge in [0.15, 0.2) is 0 Å². The molecule has 23 heavy (non-hydrogen) atoms. The van der Waals surface area contributed by atoms with Gasteiger partial charge in [0, 0.05) is 0 Å². The van der Waals surface area contributed by atoms with Crippen LogP contribution in [0.5, 0.6) is 0 Å². The summed E-state index contributed by atoms with van der Waals surface area (Å²) in [4.78, 5) is 0. The van der Waals surface area contributed by atoms with E-state index in [4.69, 9.17) is 8.85 Å². The summed E-state index contributed by atoms with van der Waals surface area (Å²) >= 11 is 0. The lowest BCUT2D eigenvalue weighted by Gasteiger charge is -2.13. The van der Waals surface area contributed by atoms with Crippen LogP contribution in [0.25, 0.3) is 0 Å². The second-order valence-corrected chi connectivity index (χ2v) is 8.71. The Morgan fingerprint density at radius 3 is 1.91 bits per heavy atom. The van der Waals surface area contributed by atoms with Gasteiger partial charge < -0.3 is 8.85 Å². The van der Waals surface area contributed by atoms with Crippen molar-refractivity contribution in [1.82, 2.24) is 0 Å². The molecular formula is C20H36O2Si.